The zero-order valence-electron chi connectivity index (χ0n) is 15.4. The van der Waals surface area contributed by atoms with Crippen LogP contribution in [0.2, 0.25) is 0 Å². The summed E-state index contributed by atoms with van der Waals surface area (Å²) in [4.78, 5) is 2.38. The van der Waals surface area contributed by atoms with Crippen molar-refractivity contribution in [1.29, 1.82) is 0 Å². The highest BCUT2D eigenvalue weighted by Crippen LogP contribution is 2.19. The van der Waals surface area contributed by atoms with Gasteiger partial charge in [-0.05, 0) is 41.3 Å². The van der Waals surface area contributed by atoms with E-state index >= 15 is 0 Å². The maximum Gasteiger partial charge on any atom is 0.119 e. The zero-order chi connectivity index (χ0) is 18.3. The van der Waals surface area contributed by atoms with Crippen LogP contribution in [0.15, 0.2) is 60.8 Å². The van der Waals surface area contributed by atoms with Gasteiger partial charge in [0.1, 0.15) is 12.4 Å². The summed E-state index contributed by atoms with van der Waals surface area (Å²) in [7, 11) is 0. The number of nitrogens with zero attached hydrogens (tertiary/aromatic N) is 2. The molecule has 1 aromatic heterocycles. The molecule has 4 rings (SSSR count). The molecule has 0 spiro atoms. The lowest BCUT2D eigenvalue weighted by molar-refractivity contribution is 0.0322. The number of aromatic nitrogens is 2. The number of ether oxygens (including phenoxy) is 2. The molecule has 140 valence electrons. The van der Waals surface area contributed by atoms with Gasteiger partial charge < -0.3 is 9.47 Å². The molecule has 0 saturated carbocycles. The second-order valence-corrected chi connectivity index (χ2v) is 6.79. The van der Waals surface area contributed by atoms with Crippen LogP contribution in [-0.4, -0.2) is 54.6 Å². The number of aromatic amines is 1. The molecule has 27 heavy (non-hydrogen) atoms. The van der Waals surface area contributed by atoms with Crippen molar-refractivity contribution in [2.75, 3.05) is 39.5 Å². The Balaban J connectivity index is 1.27. The van der Waals surface area contributed by atoms with Gasteiger partial charge in [0.25, 0.3) is 0 Å². The van der Waals surface area contributed by atoms with E-state index in [1.165, 1.54) is 11.1 Å². The first-order chi connectivity index (χ1) is 13.4. The maximum absolute atomic E-state index is 5.88. The molecule has 0 atom stereocenters. The van der Waals surface area contributed by atoms with Gasteiger partial charge in [-0.15, -0.1) is 0 Å². The standard InChI is InChI=1S/C22H25N3O2/c1-5-20(22-9-10-23-24-22)6-2-18(1)17-19-3-7-21(8-4-19)27-16-13-25-11-14-26-15-12-25/h1-10H,11-17H2,(H,23,24). The van der Waals surface area contributed by atoms with Crippen LogP contribution >= 0.6 is 0 Å². The number of hydrogen-bond acceptors (Lipinski definition) is 4. The Morgan fingerprint density at radius 2 is 1.63 bits per heavy atom. The van der Waals surface area contributed by atoms with Crippen LogP contribution in [0, 0.1) is 0 Å². The average molecular weight is 363 g/mol. The second-order valence-electron chi connectivity index (χ2n) is 6.79. The van der Waals surface area contributed by atoms with E-state index in [-0.39, 0.29) is 0 Å². The predicted molar refractivity (Wildman–Crippen MR) is 106 cm³/mol. The molecule has 0 amide bonds. The molecule has 1 fully saturated rings. The van der Waals surface area contributed by atoms with Gasteiger partial charge in [0.15, 0.2) is 0 Å². The number of morpholine rings is 1. The molecule has 5 nitrogen and oxygen atoms in total. The van der Waals surface area contributed by atoms with Crippen LogP contribution in [0.1, 0.15) is 11.1 Å². The molecule has 2 aromatic carbocycles. The van der Waals surface area contributed by atoms with Crippen molar-refractivity contribution in [3.05, 3.63) is 71.9 Å². The molecule has 0 aliphatic carbocycles. The minimum absolute atomic E-state index is 0.717. The summed E-state index contributed by atoms with van der Waals surface area (Å²) < 4.78 is 11.2. The van der Waals surface area contributed by atoms with Crippen LogP contribution in [0.4, 0.5) is 0 Å². The van der Waals surface area contributed by atoms with Crippen LogP contribution in [-0.2, 0) is 11.2 Å². The fraction of sp³-hybridized carbons (Fsp3) is 0.318. The van der Waals surface area contributed by atoms with E-state index in [0.717, 1.165) is 56.3 Å². The molecule has 1 saturated heterocycles. The lowest BCUT2D eigenvalue weighted by Crippen LogP contribution is -2.38. The van der Waals surface area contributed by atoms with E-state index < -0.39 is 0 Å². The molecule has 1 aliphatic rings. The third kappa shape index (κ3) is 4.96. The topological polar surface area (TPSA) is 50.4 Å². The average Bonchev–Trinajstić information content (AvgIpc) is 3.26. The highest BCUT2D eigenvalue weighted by Gasteiger charge is 2.09. The maximum atomic E-state index is 5.88. The summed E-state index contributed by atoms with van der Waals surface area (Å²) in [6.07, 6.45) is 2.69. The third-order valence-corrected chi connectivity index (χ3v) is 4.88. The van der Waals surface area contributed by atoms with E-state index in [1.54, 1.807) is 6.20 Å². The van der Waals surface area contributed by atoms with Crippen molar-refractivity contribution in [2.45, 2.75) is 6.42 Å². The van der Waals surface area contributed by atoms with Gasteiger partial charge in [-0.3, -0.25) is 10.00 Å². The van der Waals surface area contributed by atoms with Gasteiger partial charge in [0.05, 0.1) is 18.9 Å². The number of benzene rings is 2. The van der Waals surface area contributed by atoms with Gasteiger partial charge in [-0.1, -0.05) is 36.4 Å². The minimum atomic E-state index is 0.717. The molecular formula is C22H25N3O2. The summed E-state index contributed by atoms with van der Waals surface area (Å²) in [6.45, 7) is 5.33. The Hall–Kier alpha value is -2.63. The van der Waals surface area contributed by atoms with Crippen molar-refractivity contribution in [3.63, 3.8) is 0 Å². The van der Waals surface area contributed by atoms with E-state index in [4.69, 9.17) is 9.47 Å². The van der Waals surface area contributed by atoms with E-state index in [1.807, 2.05) is 6.07 Å². The summed E-state index contributed by atoms with van der Waals surface area (Å²) in [5.41, 5.74) is 4.77. The predicted octanol–water partition coefficient (Wildman–Crippen LogP) is 3.38. The van der Waals surface area contributed by atoms with Gasteiger partial charge >= 0.3 is 0 Å². The summed E-state index contributed by atoms with van der Waals surface area (Å²) >= 11 is 0. The lowest BCUT2D eigenvalue weighted by Gasteiger charge is -2.26. The Morgan fingerprint density at radius 3 is 2.30 bits per heavy atom. The van der Waals surface area contributed by atoms with Crippen molar-refractivity contribution >= 4 is 0 Å². The van der Waals surface area contributed by atoms with Gasteiger partial charge in [-0.2, -0.15) is 5.10 Å². The Morgan fingerprint density at radius 1 is 0.926 bits per heavy atom. The highest BCUT2D eigenvalue weighted by molar-refractivity contribution is 5.58. The molecule has 1 aliphatic heterocycles. The quantitative estimate of drug-likeness (QED) is 0.699. The molecule has 5 heteroatoms. The first-order valence-electron chi connectivity index (χ1n) is 9.47. The molecular weight excluding hydrogens is 338 g/mol. The Labute approximate surface area is 159 Å². The van der Waals surface area contributed by atoms with E-state index in [2.05, 4.69) is 63.6 Å². The van der Waals surface area contributed by atoms with Crippen molar-refractivity contribution in [1.82, 2.24) is 15.1 Å². The Kier molecular flexibility index (Phi) is 5.82. The SMILES string of the molecule is c1cc(-c2ccc(Cc3ccc(OCCN4CCOCC4)cc3)cc2)[nH]n1. The normalized spacial score (nSPS) is 15.0. The zero-order valence-corrected chi connectivity index (χ0v) is 15.4. The van der Waals surface area contributed by atoms with Gasteiger partial charge in [-0.25, -0.2) is 0 Å². The van der Waals surface area contributed by atoms with Crippen LogP contribution in [0.25, 0.3) is 11.3 Å². The Bertz CT molecular complexity index is 808. The van der Waals surface area contributed by atoms with Crippen LogP contribution in [0.5, 0.6) is 5.75 Å². The van der Waals surface area contributed by atoms with Gasteiger partial charge in [0, 0.05) is 25.8 Å². The lowest BCUT2D eigenvalue weighted by atomic mass is 10.0. The molecule has 1 N–H and O–H groups in total. The summed E-state index contributed by atoms with van der Waals surface area (Å²) in [5.74, 6) is 0.932. The smallest absolute Gasteiger partial charge is 0.119 e. The molecule has 0 radical (unpaired) electrons. The van der Waals surface area contributed by atoms with Crippen molar-refractivity contribution in [2.24, 2.45) is 0 Å². The summed E-state index contributed by atoms with van der Waals surface area (Å²) in [5, 5.41) is 6.99. The van der Waals surface area contributed by atoms with Gasteiger partial charge in [0.2, 0.25) is 0 Å². The monoisotopic (exact) mass is 363 g/mol. The van der Waals surface area contributed by atoms with Crippen molar-refractivity contribution < 1.29 is 9.47 Å². The number of rotatable bonds is 7. The molecule has 0 bridgehead atoms. The molecule has 3 aromatic rings. The van der Waals surface area contributed by atoms with Crippen LogP contribution in [0.3, 0.4) is 0 Å². The van der Waals surface area contributed by atoms with Crippen molar-refractivity contribution in [3.8, 4) is 17.0 Å². The molecule has 0 unspecified atom stereocenters. The first-order valence-corrected chi connectivity index (χ1v) is 9.47. The van der Waals surface area contributed by atoms with E-state index in [0.29, 0.717) is 6.61 Å². The number of hydrogen-bond donors (Lipinski definition) is 1. The first kappa shape index (κ1) is 17.8. The number of H-pyrrole nitrogens is 1. The number of nitrogens with one attached hydrogen (secondary N) is 1. The third-order valence-electron chi connectivity index (χ3n) is 4.88. The van der Waals surface area contributed by atoms with E-state index in [9.17, 15) is 0 Å². The van der Waals surface area contributed by atoms with Crippen LogP contribution < -0.4 is 4.74 Å². The fourth-order valence-electron chi connectivity index (χ4n) is 3.28. The second kappa shape index (κ2) is 8.84. The largest absolute Gasteiger partial charge is 0.492 e. The highest BCUT2D eigenvalue weighted by atomic mass is 16.5. The fourth-order valence-corrected chi connectivity index (χ4v) is 3.28. The summed E-state index contributed by atoms with van der Waals surface area (Å²) in [6, 6.07) is 19.0. The minimum Gasteiger partial charge on any atom is -0.492 e. The molecule has 2 heterocycles.